The van der Waals surface area contributed by atoms with E-state index in [2.05, 4.69) is 20.9 Å². The number of hydrogen-bond acceptors (Lipinski definition) is 8. The van der Waals surface area contributed by atoms with E-state index in [1.807, 2.05) is 0 Å². The largest absolute Gasteiger partial charge is 0.454 e. The first kappa shape index (κ1) is 24.3. The number of nitrogens with one attached hydrogen (secondary N) is 3. The first-order valence-electron chi connectivity index (χ1n) is 11.6. The Morgan fingerprint density at radius 2 is 1.94 bits per heavy atom. The van der Waals surface area contributed by atoms with Gasteiger partial charge in [0.1, 0.15) is 6.10 Å². The predicted molar refractivity (Wildman–Crippen MR) is 123 cm³/mol. The average molecular weight is 477 g/mol. The first-order valence-corrected chi connectivity index (χ1v) is 11.6. The SMILES string of the molecule is O=C(C[C@H]1C=C[C@@H](NC(=O)Nc2ccc3c(c2)OCO3)[C@@H](CO)O1)NCCCN1CCOCC1. The van der Waals surface area contributed by atoms with Crippen molar-refractivity contribution < 1.29 is 33.6 Å². The smallest absolute Gasteiger partial charge is 0.319 e. The maximum atomic E-state index is 12.4. The van der Waals surface area contributed by atoms with Crippen LogP contribution in [-0.4, -0.2) is 93.0 Å². The Balaban J connectivity index is 1.18. The zero-order valence-electron chi connectivity index (χ0n) is 19.0. The molecule has 3 heterocycles. The highest BCUT2D eigenvalue weighted by Crippen LogP contribution is 2.34. The van der Waals surface area contributed by atoms with Crippen LogP contribution in [0.1, 0.15) is 12.8 Å². The van der Waals surface area contributed by atoms with Crippen LogP contribution in [0.25, 0.3) is 0 Å². The molecule has 1 aromatic carbocycles. The van der Waals surface area contributed by atoms with Crippen molar-refractivity contribution >= 4 is 17.6 Å². The molecule has 0 spiro atoms. The third-order valence-electron chi connectivity index (χ3n) is 5.85. The number of hydrogen-bond donors (Lipinski definition) is 4. The first-order chi connectivity index (χ1) is 16.6. The molecule has 0 bridgehead atoms. The lowest BCUT2D eigenvalue weighted by atomic mass is 10.0. The minimum atomic E-state index is -0.661. The van der Waals surface area contributed by atoms with Crippen LogP contribution in [0.5, 0.6) is 11.5 Å². The Labute approximate surface area is 198 Å². The summed E-state index contributed by atoms with van der Waals surface area (Å²) in [6.07, 6.45) is 3.39. The number of carbonyl (C=O) groups is 2. The second-order valence-corrected chi connectivity index (χ2v) is 8.33. The number of carbonyl (C=O) groups excluding carboxylic acids is 2. The topological polar surface area (TPSA) is 131 Å². The third-order valence-corrected chi connectivity index (χ3v) is 5.85. The van der Waals surface area contributed by atoms with Crippen molar-refractivity contribution in [2.75, 3.05) is 58.1 Å². The normalized spacial score (nSPS) is 24.0. The molecule has 3 aliphatic heterocycles. The molecule has 1 aromatic rings. The summed E-state index contributed by atoms with van der Waals surface area (Å²) in [6.45, 7) is 4.78. The molecule has 0 unspecified atom stereocenters. The quantitative estimate of drug-likeness (QED) is 0.299. The molecule has 1 fully saturated rings. The zero-order valence-corrected chi connectivity index (χ0v) is 19.0. The molecule has 3 atom stereocenters. The van der Waals surface area contributed by atoms with Crippen LogP contribution in [-0.2, 0) is 14.3 Å². The van der Waals surface area contributed by atoms with Crippen molar-refractivity contribution in [1.82, 2.24) is 15.5 Å². The van der Waals surface area contributed by atoms with E-state index >= 15 is 0 Å². The lowest BCUT2D eigenvalue weighted by Gasteiger charge is -2.31. The Bertz CT molecular complexity index is 875. The number of rotatable bonds is 9. The van der Waals surface area contributed by atoms with Gasteiger partial charge in [0.2, 0.25) is 12.7 Å². The van der Waals surface area contributed by atoms with E-state index in [1.54, 1.807) is 30.4 Å². The number of fused-ring (bicyclic) bond motifs is 1. The van der Waals surface area contributed by atoms with Gasteiger partial charge in [-0.3, -0.25) is 9.69 Å². The molecule has 3 amide bonds. The highest BCUT2D eigenvalue weighted by Gasteiger charge is 2.29. The Hall–Kier alpha value is -2.86. The summed E-state index contributed by atoms with van der Waals surface area (Å²) in [5.74, 6) is 1.08. The van der Waals surface area contributed by atoms with Crippen LogP contribution in [0.4, 0.5) is 10.5 Å². The Kier molecular flexibility index (Phi) is 8.58. The van der Waals surface area contributed by atoms with Gasteiger partial charge in [0.15, 0.2) is 11.5 Å². The zero-order chi connectivity index (χ0) is 23.8. The van der Waals surface area contributed by atoms with E-state index in [0.29, 0.717) is 23.7 Å². The summed E-state index contributed by atoms with van der Waals surface area (Å²) in [6, 6.07) is 4.11. The van der Waals surface area contributed by atoms with E-state index in [0.717, 1.165) is 39.3 Å². The molecule has 11 heteroatoms. The summed E-state index contributed by atoms with van der Waals surface area (Å²) in [5, 5.41) is 18.2. The summed E-state index contributed by atoms with van der Waals surface area (Å²) < 4.78 is 21.7. The number of urea groups is 1. The van der Waals surface area contributed by atoms with Gasteiger partial charge in [-0.2, -0.15) is 0 Å². The van der Waals surface area contributed by atoms with E-state index in [-0.39, 0.29) is 25.7 Å². The highest BCUT2D eigenvalue weighted by molar-refractivity contribution is 5.90. The van der Waals surface area contributed by atoms with Gasteiger partial charge < -0.3 is 40.0 Å². The molecular formula is C23H32N4O7. The third kappa shape index (κ3) is 6.83. The van der Waals surface area contributed by atoms with Crippen molar-refractivity contribution in [3.05, 3.63) is 30.4 Å². The Morgan fingerprint density at radius 3 is 2.76 bits per heavy atom. The number of nitrogens with zero attached hydrogens (tertiary/aromatic N) is 1. The van der Waals surface area contributed by atoms with E-state index < -0.39 is 24.3 Å². The lowest BCUT2D eigenvalue weighted by molar-refractivity contribution is -0.125. The monoisotopic (exact) mass is 476 g/mol. The molecule has 0 saturated carbocycles. The Morgan fingerprint density at radius 1 is 1.12 bits per heavy atom. The molecule has 0 aromatic heterocycles. The van der Waals surface area contributed by atoms with Crippen LogP contribution in [0.3, 0.4) is 0 Å². The van der Waals surface area contributed by atoms with Gasteiger partial charge in [-0.15, -0.1) is 0 Å². The van der Waals surface area contributed by atoms with Crippen molar-refractivity contribution in [3.8, 4) is 11.5 Å². The number of anilines is 1. The molecular weight excluding hydrogens is 444 g/mol. The van der Waals surface area contributed by atoms with Crippen LogP contribution in [0.2, 0.25) is 0 Å². The van der Waals surface area contributed by atoms with Gasteiger partial charge in [-0.25, -0.2) is 4.79 Å². The number of aliphatic hydroxyl groups excluding tert-OH is 1. The fourth-order valence-electron chi connectivity index (χ4n) is 4.04. The number of ether oxygens (including phenoxy) is 4. The number of aliphatic hydroxyl groups is 1. The fraction of sp³-hybridized carbons (Fsp3) is 0.565. The molecule has 186 valence electrons. The molecule has 11 nitrogen and oxygen atoms in total. The lowest BCUT2D eigenvalue weighted by Crippen LogP contribution is -2.50. The van der Waals surface area contributed by atoms with Crippen molar-refractivity contribution in [2.45, 2.75) is 31.1 Å². The minimum Gasteiger partial charge on any atom is -0.454 e. The van der Waals surface area contributed by atoms with Crippen molar-refractivity contribution in [1.29, 1.82) is 0 Å². The average Bonchev–Trinajstić information content (AvgIpc) is 3.31. The van der Waals surface area contributed by atoms with Crippen LogP contribution < -0.4 is 25.4 Å². The van der Waals surface area contributed by atoms with Gasteiger partial charge in [0.25, 0.3) is 0 Å². The van der Waals surface area contributed by atoms with E-state index in [9.17, 15) is 14.7 Å². The summed E-state index contributed by atoms with van der Waals surface area (Å²) >= 11 is 0. The number of amides is 3. The maximum Gasteiger partial charge on any atom is 0.319 e. The summed E-state index contributed by atoms with van der Waals surface area (Å²) in [7, 11) is 0. The molecule has 34 heavy (non-hydrogen) atoms. The molecule has 4 N–H and O–H groups in total. The molecule has 0 radical (unpaired) electrons. The van der Waals surface area contributed by atoms with Gasteiger partial charge in [0, 0.05) is 31.4 Å². The highest BCUT2D eigenvalue weighted by atomic mass is 16.7. The molecule has 1 saturated heterocycles. The second-order valence-electron chi connectivity index (χ2n) is 8.33. The molecule has 0 aliphatic carbocycles. The van der Waals surface area contributed by atoms with Gasteiger partial charge in [-0.05, 0) is 25.1 Å². The predicted octanol–water partition coefficient (Wildman–Crippen LogP) is 0.450. The van der Waals surface area contributed by atoms with E-state index in [4.69, 9.17) is 18.9 Å². The fourth-order valence-corrected chi connectivity index (χ4v) is 4.04. The summed E-state index contributed by atoms with van der Waals surface area (Å²) in [5.41, 5.74) is 0.547. The maximum absolute atomic E-state index is 12.4. The molecule has 3 aliphatic rings. The van der Waals surface area contributed by atoms with Crippen LogP contribution >= 0.6 is 0 Å². The van der Waals surface area contributed by atoms with Crippen molar-refractivity contribution in [2.24, 2.45) is 0 Å². The van der Waals surface area contributed by atoms with Crippen molar-refractivity contribution in [3.63, 3.8) is 0 Å². The summed E-state index contributed by atoms with van der Waals surface area (Å²) in [4.78, 5) is 27.0. The minimum absolute atomic E-state index is 0.111. The van der Waals surface area contributed by atoms with Crippen LogP contribution in [0, 0.1) is 0 Å². The molecule has 4 rings (SSSR count). The van der Waals surface area contributed by atoms with Gasteiger partial charge in [-0.1, -0.05) is 12.2 Å². The van der Waals surface area contributed by atoms with E-state index in [1.165, 1.54) is 0 Å². The van der Waals surface area contributed by atoms with Crippen LogP contribution in [0.15, 0.2) is 30.4 Å². The standard InChI is InChI=1S/C23H32N4O7/c28-14-21-18(26-23(30)25-16-2-5-19-20(12-16)33-15-32-19)4-3-17(34-21)13-22(29)24-6-1-7-27-8-10-31-11-9-27/h2-5,12,17-18,21,28H,1,6-11,13-15H2,(H,24,29)(H2,25,26,30)/t17-,18-,21-/m1/s1. The van der Waals surface area contributed by atoms with Gasteiger partial charge in [0.05, 0.1) is 38.4 Å². The van der Waals surface area contributed by atoms with Gasteiger partial charge >= 0.3 is 6.03 Å². The number of benzene rings is 1. The second kappa shape index (κ2) is 12.0. The number of morpholine rings is 1.